The van der Waals surface area contributed by atoms with E-state index in [2.05, 4.69) is 5.10 Å². The Labute approximate surface area is 120 Å². The molecule has 1 saturated carbocycles. The number of aromatic nitrogens is 2. The van der Waals surface area contributed by atoms with Crippen LogP contribution in [-0.4, -0.2) is 34.9 Å². The normalized spacial score (nSPS) is 17.6. The molecule has 5 nitrogen and oxygen atoms in total. The molecule has 2 rings (SSSR count). The van der Waals surface area contributed by atoms with Crippen molar-refractivity contribution in [3.63, 3.8) is 0 Å². The second-order valence-corrected chi connectivity index (χ2v) is 5.56. The number of methoxy groups -OCH3 is 1. The molecule has 112 valence electrons. The first kappa shape index (κ1) is 15.0. The summed E-state index contributed by atoms with van der Waals surface area (Å²) in [5.41, 5.74) is -0.146. The van der Waals surface area contributed by atoms with Gasteiger partial charge in [-0.3, -0.25) is 9.48 Å². The van der Waals surface area contributed by atoms with Gasteiger partial charge in [-0.1, -0.05) is 0 Å². The van der Waals surface area contributed by atoms with Crippen molar-refractivity contribution in [2.24, 2.45) is 0 Å². The molecule has 1 aliphatic rings. The van der Waals surface area contributed by atoms with Crippen molar-refractivity contribution in [2.45, 2.75) is 58.1 Å². The highest BCUT2D eigenvalue weighted by Gasteiger charge is 2.45. The van der Waals surface area contributed by atoms with E-state index in [1.807, 2.05) is 20.8 Å². The van der Waals surface area contributed by atoms with E-state index >= 15 is 0 Å². The predicted molar refractivity (Wildman–Crippen MR) is 76.3 cm³/mol. The summed E-state index contributed by atoms with van der Waals surface area (Å²) in [7, 11) is 1.57. The Morgan fingerprint density at radius 2 is 2.10 bits per heavy atom. The van der Waals surface area contributed by atoms with E-state index < -0.39 is 5.60 Å². The number of carbonyl (C=O) groups excluding carboxylic acids is 1. The summed E-state index contributed by atoms with van der Waals surface area (Å²) in [5, 5.41) is 4.29. The monoisotopic (exact) mass is 280 g/mol. The summed E-state index contributed by atoms with van der Waals surface area (Å²) < 4.78 is 12.9. The third-order valence-corrected chi connectivity index (χ3v) is 3.93. The molecule has 1 aromatic heterocycles. The molecule has 1 heterocycles. The van der Waals surface area contributed by atoms with Crippen molar-refractivity contribution in [3.8, 4) is 5.75 Å². The van der Waals surface area contributed by atoms with Gasteiger partial charge >= 0.3 is 0 Å². The average molecular weight is 280 g/mol. The van der Waals surface area contributed by atoms with Crippen LogP contribution in [0.2, 0.25) is 0 Å². The summed E-state index contributed by atoms with van der Waals surface area (Å²) in [6.07, 6.45) is 5.24. The van der Waals surface area contributed by atoms with Crippen LogP contribution >= 0.6 is 0 Å². The Bertz CT molecular complexity index is 473. The molecule has 1 aromatic rings. The first-order valence-corrected chi connectivity index (χ1v) is 7.36. The molecular formula is C15H24N2O3. The van der Waals surface area contributed by atoms with Crippen molar-refractivity contribution in [2.75, 3.05) is 13.7 Å². The van der Waals surface area contributed by atoms with Crippen LogP contribution in [0, 0.1) is 0 Å². The number of carbonyl (C=O) groups is 1. The molecule has 0 spiro atoms. The first-order valence-electron chi connectivity index (χ1n) is 7.36. The quantitative estimate of drug-likeness (QED) is 0.752. The SMILES string of the molecule is CCOC1(C(=O)c2c(OC)cnn2C(C)C)CCCC1. The number of hydrogen-bond donors (Lipinski definition) is 0. The van der Waals surface area contributed by atoms with Crippen molar-refractivity contribution in [1.82, 2.24) is 9.78 Å². The molecule has 0 aromatic carbocycles. The summed E-state index contributed by atoms with van der Waals surface area (Å²) >= 11 is 0. The maximum atomic E-state index is 13.1. The number of Topliss-reactive ketones (excluding diaryl/α,β-unsaturated/α-hetero) is 1. The molecule has 0 atom stereocenters. The van der Waals surface area contributed by atoms with E-state index in [1.54, 1.807) is 18.0 Å². The van der Waals surface area contributed by atoms with Crippen LogP contribution in [0.1, 0.15) is 63.0 Å². The van der Waals surface area contributed by atoms with Crippen molar-refractivity contribution < 1.29 is 14.3 Å². The van der Waals surface area contributed by atoms with Crippen LogP contribution in [0.5, 0.6) is 5.75 Å². The zero-order chi connectivity index (χ0) is 14.8. The van der Waals surface area contributed by atoms with Gasteiger partial charge < -0.3 is 9.47 Å². The number of ketones is 1. The topological polar surface area (TPSA) is 53.4 Å². The third-order valence-electron chi connectivity index (χ3n) is 3.93. The summed E-state index contributed by atoms with van der Waals surface area (Å²) in [6.45, 7) is 6.49. The van der Waals surface area contributed by atoms with Gasteiger partial charge in [-0.15, -0.1) is 0 Å². The van der Waals surface area contributed by atoms with Gasteiger partial charge in [0.15, 0.2) is 5.75 Å². The molecule has 1 fully saturated rings. The van der Waals surface area contributed by atoms with E-state index in [0.29, 0.717) is 18.1 Å². The van der Waals surface area contributed by atoms with Crippen LogP contribution in [0.3, 0.4) is 0 Å². The number of nitrogens with zero attached hydrogens (tertiary/aromatic N) is 2. The van der Waals surface area contributed by atoms with Gasteiger partial charge in [-0.05, 0) is 46.5 Å². The molecule has 0 aliphatic heterocycles. The fourth-order valence-electron chi connectivity index (χ4n) is 2.98. The Morgan fingerprint density at radius 1 is 1.45 bits per heavy atom. The fraction of sp³-hybridized carbons (Fsp3) is 0.733. The second kappa shape index (κ2) is 5.95. The highest BCUT2D eigenvalue weighted by molar-refractivity contribution is 6.03. The maximum Gasteiger partial charge on any atom is 0.216 e. The minimum absolute atomic E-state index is 0.0138. The molecule has 0 bridgehead atoms. The molecule has 0 amide bonds. The fourth-order valence-corrected chi connectivity index (χ4v) is 2.98. The smallest absolute Gasteiger partial charge is 0.216 e. The first-order chi connectivity index (χ1) is 9.55. The van der Waals surface area contributed by atoms with E-state index in [9.17, 15) is 4.79 Å². The van der Waals surface area contributed by atoms with Gasteiger partial charge in [0, 0.05) is 12.6 Å². The summed E-state index contributed by atoms with van der Waals surface area (Å²) in [6, 6.07) is 0.109. The molecule has 20 heavy (non-hydrogen) atoms. The zero-order valence-electron chi connectivity index (χ0n) is 12.8. The minimum atomic E-state index is -0.686. The lowest BCUT2D eigenvalue weighted by atomic mass is 9.93. The van der Waals surface area contributed by atoms with Gasteiger partial charge in [-0.2, -0.15) is 5.10 Å². The predicted octanol–water partition coefficient (Wildman–Crippen LogP) is 3.00. The van der Waals surface area contributed by atoms with Crippen LogP contribution in [-0.2, 0) is 4.74 Å². The number of rotatable bonds is 6. The van der Waals surface area contributed by atoms with Crippen LogP contribution in [0.15, 0.2) is 6.20 Å². The van der Waals surface area contributed by atoms with Gasteiger partial charge in [0.1, 0.15) is 11.3 Å². The Morgan fingerprint density at radius 3 is 2.60 bits per heavy atom. The molecule has 0 radical (unpaired) electrons. The van der Waals surface area contributed by atoms with E-state index in [-0.39, 0.29) is 11.8 Å². The van der Waals surface area contributed by atoms with Gasteiger partial charge in [0.2, 0.25) is 5.78 Å². The largest absolute Gasteiger partial charge is 0.493 e. The maximum absolute atomic E-state index is 13.1. The number of hydrogen-bond acceptors (Lipinski definition) is 4. The third kappa shape index (κ3) is 2.46. The second-order valence-electron chi connectivity index (χ2n) is 5.56. The summed E-state index contributed by atoms with van der Waals surface area (Å²) in [4.78, 5) is 13.1. The van der Waals surface area contributed by atoms with Crippen LogP contribution < -0.4 is 4.74 Å². The Hall–Kier alpha value is -1.36. The highest BCUT2D eigenvalue weighted by Crippen LogP contribution is 2.38. The number of ether oxygens (including phenoxy) is 2. The Kier molecular flexibility index (Phi) is 4.48. The van der Waals surface area contributed by atoms with Crippen LogP contribution in [0.25, 0.3) is 0 Å². The Balaban J connectivity index is 2.43. The highest BCUT2D eigenvalue weighted by atomic mass is 16.5. The lowest BCUT2D eigenvalue weighted by Crippen LogP contribution is -2.40. The standard InChI is InChI=1S/C15H24N2O3/c1-5-20-15(8-6-7-9-15)14(18)13-12(19-4)10-16-17(13)11(2)3/h10-11H,5-9H2,1-4H3. The summed E-state index contributed by atoms with van der Waals surface area (Å²) in [5.74, 6) is 0.551. The van der Waals surface area contributed by atoms with Crippen molar-refractivity contribution in [3.05, 3.63) is 11.9 Å². The molecule has 1 aliphatic carbocycles. The van der Waals surface area contributed by atoms with Crippen LogP contribution in [0.4, 0.5) is 0 Å². The molecule has 5 heteroatoms. The molecule has 0 saturated heterocycles. The van der Waals surface area contributed by atoms with E-state index in [0.717, 1.165) is 25.7 Å². The molecule has 0 N–H and O–H groups in total. The molecule has 0 unspecified atom stereocenters. The van der Waals surface area contributed by atoms with Gasteiger partial charge in [0.25, 0.3) is 0 Å². The van der Waals surface area contributed by atoms with Gasteiger partial charge in [0.05, 0.1) is 13.3 Å². The van der Waals surface area contributed by atoms with E-state index in [1.165, 1.54) is 0 Å². The molecular weight excluding hydrogens is 256 g/mol. The van der Waals surface area contributed by atoms with E-state index in [4.69, 9.17) is 9.47 Å². The lowest BCUT2D eigenvalue weighted by molar-refractivity contribution is -0.0173. The minimum Gasteiger partial charge on any atom is -0.493 e. The van der Waals surface area contributed by atoms with Gasteiger partial charge in [-0.25, -0.2) is 0 Å². The lowest BCUT2D eigenvalue weighted by Gasteiger charge is -2.28. The van der Waals surface area contributed by atoms with Crippen molar-refractivity contribution >= 4 is 5.78 Å². The average Bonchev–Trinajstić information content (AvgIpc) is 3.04. The van der Waals surface area contributed by atoms with Crippen molar-refractivity contribution in [1.29, 1.82) is 0 Å². The zero-order valence-corrected chi connectivity index (χ0v) is 12.8.